The van der Waals surface area contributed by atoms with Crippen molar-refractivity contribution in [3.63, 3.8) is 0 Å². The molecule has 224 valence electrons. The molecule has 0 radical (unpaired) electrons. The number of methoxy groups -OCH3 is 2. The van der Waals surface area contributed by atoms with Crippen molar-refractivity contribution < 1.29 is 33.4 Å². The van der Waals surface area contributed by atoms with Gasteiger partial charge < -0.3 is 19.0 Å². The highest BCUT2D eigenvalue weighted by Gasteiger charge is 2.37. The second kappa shape index (κ2) is 13.1. The zero-order valence-corrected chi connectivity index (χ0v) is 24.7. The van der Waals surface area contributed by atoms with Crippen LogP contribution >= 0.6 is 0 Å². The third-order valence-electron chi connectivity index (χ3n) is 7.67. The number of carbonyl (C=O) groups is 3. The Kier molecular flexibility index (Phi) is 9.52. The van der Waals surface area contributed by atoms with Crippen LogP contribution in [-0.4, -0.2) is 58.9 Å². The van der Waals surface area contributed by atoms with Crippen molar-refractivity contribution in [2.45, 2.75) is 65.5 Å². The van der Waals surface area contributed by atoms with Gasteiger partial charge in [0.25, 0.3) is 5.69 Å². The molecule has 3 aromatic rings. The first-order chi connectivity index (χ1) is 20.1. The molecule has 2 unspecified atom stereocenters. The molecule has 0 amide bonds. The highest BCUT2D eigenvalue weighted by Crippen LogP contribution is 2.40. The number of H-pyrrole nitrogens is 1. The van der Waals surface area contributed by atoms with E-state index >= 15 is 0 Å². The molecule has 1 aliphatic carbocycles. The first kappa shape index (κ1) is 30.6. The maximum Gasteiger partial charge on any atom is 0.331 e. The van der Waals surface area contributed by atoms with Gasteiger partial charge >= 0.3 is 17.9 Å². The number of aryl methyl sites for hydroxylation is 1. The van der Waals surface area contributed by atoms with Gasteiger partial charge in [-0.05, 0) is 37.5 Å². The molecule has 0 saturated heterocycles. The molecule has 2 atom stereocenters. The van der Waals surface area contributed by atoms with Crippen molar-refractivity contribution in [3.05, 3.63) is 46.8 Å². The summed E-state index contributed by atoms with van der Waals surface area (Å²) >= 11 is 0. The van der Waals surface area contributed by atoms with Gasteiger partial charge in [-0.25, -0.2) is 19.1 Å². The number of nitrogens with one attached hydrogen (secondary N) is 2. The van der Waals surface area contributed by atoms with Crippen molar-refractivity contribution >= 4 is 29.2 Å². The number of carbonyl (C=O) groups excluding carboxylic acids is 3. The van der Waals surface area contributed by atoms with E-state index in [1.54, 1.807) is 0 Å². The molecule has 1 fully saturated rings. The number of ether oxygens (including phenoxy) is 3. The normalized spacial score (nSPS) is 20.2. The SMILES string of the molecule is [C-]#[N+]c1c(C(=O)OC2C(C)CC(C)CC2C)c2nc(-c3ccc(C)cc3)[nH]n2c1ONC(CC(=O)OC)CC(=O)OC. The van der Waals surface area contributed by atoms with Crippen LogP contribution < -0.4 is 10.3 Å². The van der Waals surface area contributed by atoms with Crippen molar-refractivity contribution in [2.75, 3.05) is 14.2 Å². The van der Waals surface area contributed by atoms with Gasteiger partial charge in [0.05, 0.1) is 39.7 Å². The molecule has 0 aliphatic heterocycles. The summed E-state index contributed by atoms with van der Waals surface area (Å²) < 4.78 is 16.9. The van der Waals surface area contributed by atoms with Gasteiger partial charge in [0.2, 0.25) is 5.88 Å². The lowest BCUT2D eigenvalue weighted by Gasteiger charge is -2.37. The Labute approximate surface area is 244 Å². The van der Waals surface area contributed by atoms with Crippen molar-refractivity contribution in [1.82, 2.24) is 20.1 Å². The molecule has 2 heterocycles. The summed E-state index contributed by atoms with van der Waals surface area (Å²) in [4.78, 5) is 51.8. The fraction of sp³-hybridized carbons (Fsp3) is 0.500. The van der Waals surface area contributed by atoms with Crippen molar-refractivity contribution in [2.24, 2.45) is 17.8 Å². The first-order valence-corrected chi connectivity index (χ1v) is 13.9. The summed E-state index contributed by atoms with van der Waals surface area (Å²) in [7, 11) is 2.46. The Morgan fingerprint density at radius 1 is 1.07 bits per heavy atom. The molecule has 1 aromatic carbocycles. The average Bonchev–Trinajstić information content (AvgIpc) is 3.50. The standard InChI is InChI=1S/C30H37N5O7/c1-16-8-10-20(11-9-16)27-32-28-24(30(38)41-26-18(3)12-17(2)13-19(26)4)25(31-5)29(35(28)33-27)42-34-21(14-22(36)39-6)15-23(37)40-7/h8-11,17-19,21,26,34H,12-15H2,1-4,6-7H3,(H,32,33). The number of hydrogen-bond acceptors (Lipinski definition) is 9. The quantitative estimate of drug-likeness (QED) is 0.150. The lowest BCUT2D eigenvalue weighted by Crippen LogP contribution is -2.37. The van der Waals surface area contributed by atoms with Crippen molar-refractivity contribution in [3.8, 4) is 17.3 Å². The third kappa shape index (κ3) is 6.57. The van der Waals surface area contributed by atoms with Crippen LogP contribution in [0.4, 0.5) is 5.69 Å². The van der Waals surface area contributed by atoms with Crippen LogP contribution in [0.5, 0.6) is 5.88 Å². The Morgan fingerprint density at radius 3 is 2.21 bits per heavy atom. The van der Waals surface area contributed by atoms with Gasteiger partial charge in [-0.3, -0.25) is 14.7 Å². The summed E-state index contributed by atoms with van der Waals surface area (Å²) in [5.41, 5.74) is 4.49. The number of aromatic amines is 1. The first-order valence-electron chi connectivity index (χ1n) is 13.9. The lowest BCUT2D eigenvalue weighted by atomic mass is 9.75. The number of fused-ring (bicyclic) bond motifs is 1. The Bertz CT molecular complexity index is 1460. The van der Waals surface area contributed by atoms with E-state index in [4.69, 9.17) is 25.6 Å². The van der Waals surface area contributed by atoms with Crippen molar-refractivity contribution in [1.29, 1.82) is 0 Å². The molecular weight excluding hydrogens is 542 g/mol. The fourth-order valence-electron chi connectivity index (χ4n) is 5.67. The minimum Gasteiger partial charge on any atom is -0.469 e. The van der Waals surface area contributed by atoms with Crippen LogP contribution in [0, 0.1) is 31.2 Å². The highest BCUT2D eigenvalue weighted by atomic mass is 16.7. The van der Waals surface area contributed by atoms with E-state index in [1.807, 2.05) is 31.2 Å². The van der Waals surface area contributed by atoms with Crippen LogP contribution in [0.25, 0.3) is 21.9 Å². The van der Waals surface area contributed by atoms with Gasteiger partial charge in [0, 0.05) is 5.56 Å². The molecule has 0 bridgehead atoms. The monoisotopic (exact) mass is 579 g/mol. The van der Waals surface area contributed by atoms with Crippen LogP contribution in [0.1, 0.15) is 62.4 Å². The average molecular weight is 580 g/mol. The van der Waals surface area contributed by atoms with Gasteiger partial charge in [0.1, 0.15) is 11.7 Å². The zero-order chi connectivity index (χ0) is 30.6. The topological polar surface area (TPSA) is 138 Å². The number of esters is 3. The van der Waals surface area contributed by atoms with Gasteiger partial charge in [-0.1, -0.05) is 50.6 Å². The predicted molar refractivity (Wildman–Crippen MR) is 153 cm³/mol. The zero-order valence-electron chi connectivity index (χ0n) is 24.7. The van der Waals surface area contributed by atoms with E-state index in [1.165, 1.54) is 18.7 Å². The van der Waals surface area contributed by atoms with Crippen LogP contribution in [0.3, 0.4) is 0 Å². The third-order valence-corrected chi connectivity index (χ3v) is 7.67. The minimum absolute atomic E-state index is 0.0353. The molecule has 42 heavy (non-hydrogen) atoms. The summed E-state index contributed by atoms with van der Waals surface area (Å²) in [6, 6.07) is 6.78. The van der Waals surface area contributed by atoms with Crippen LogP contribution in [-0.2, 0) is 23.8 Å². The lowest BCUT2D eigenvalue weighted by molar-refractivity contribution is -0.144. The van der Waals surface area contributed by atoms with Crippen LogP contribution in [0.15, 0.2) is 24.3 Å². The summed E-state index contributed by atoms with van der Waals surface area (Å²) in [6.07, 6.45) is 1.13. The van der Waals surface area contributed by atoms with E-state index in [9.17, 15) is 14.4 Å². The molecule has 1 aliphatic rings. The smallest absolute Gasteiger partial charge is 0.331 e. The largest absolute Gasteiger partial charge is 0.469 e. The second-order valence-electron chi connectivity index (χ2n) is 11.1. The maximum absolute atomic E-state index is 13.8. The Hall–Kier alpha value is -4.37. The number of aromatic nitrogens is 3. The molecule has 0 spiro atoms. The van der Waals surface area contributed by atoms with Gasteiger partial charge in [0.15, 0.2) is 11.5 Å². The number of hydroxylamine groups is 1. The molecule has 1 saturated carbocycles. The molecule has 2 N–H and O–H groups in total. The van der Waals surface area contributed by atoms with Gasteiger partial charge in [-0.15, -0.1) is 0 Å². The number of nitrogens with zero attached hydrogens (tertiary/aromatic N) is 3. The predicted octanol–water partition coefficient (Wildman–Crippen LogP) is 4.79. The Morgan fingerprint density at radius 2 is 1.67 bits per heavy atom. The second-order valence-corrected chi connectivity index (χ2v) is 11.1. The Balaban J connectivity index is 1.75. The highest BCUT2D eigenvalue weighted by molar-refractivity contribution is 6.04. The van der Waals surface area contributed by atoms with Crippen LogP contribution in [0.2, 0.25) is 0 Å². The fourth-order valence-corrected chi connectivity index (χ4v) is 5.67. The minimum atomic E-state index is -0.852. The number of hydrogen-bond donors (Lipinski definition) is 2. The maximum atomic E-state index is 13.8. The number of benzene rings is 1. The number of rotatable bonds is 10. The van der Waals surface area contributed by atoms with Gasteiger partial charge in [-0.2, -0.15) is 5.48 Å². The molecular formula is C30H37N5O7. The molecule has 2 aromatic heterocycles. The van der Waals surface area contributed by atoms with E-state index in [0.717, 1.165) is 24.0 Å². The van der Waals surface area contributed by atoms with E-state index < -0.39 is 23.9 Å². The van der Waals surface area contributed by atoms with E-state index in [0.29, 0.717) is 11.7 Å². The summed E-state index contributed by atoms with van der Waals surface area (Å²) in [5, 5.41) is 3.11. The summed E-state index contributed by atoms with van der Waals surface area (Å²) in [5.74, 6) is -0.633. The van der Waals surface area contributed by atoms with E-state index in [-0.39, 0.29) is 53.6 Å². The molecule has 4 rings (SSSR count). The molecule has 12 heteroatoms. The van der Waals surface area contributed by atoms with E-state index in [2.05, 4.69) is 41.2 Å². The molecule has 12 nitrogen and oxygen atoms in total. The summed E-state index contributed by atoms with van der Waals surface area (Å²) in [6.45, 7) is 16.2.